The van der Waals surface area contributed by atoms with E-state index < -0.39 is 0 Å². The highest BCUT2D eigenvalue weighted by Crippen LogP contribution is 2.09. The highest BCUT2D eigenvalue weighted by molar-refractivity contribution is 7.09. The van der Waals surface area contributed by atoms with Gasteiger partial charge in [-0.2, -0.15) is 0 Å². The summed E-state index contributed by atoms with van der Waals surface area (Å²) >= 11 is 1.60. The summed E-state index contributed by atoms with van der Waals surface area (Å²) in [6.07, 6.45) is 0.894. The van der Waals surface area contributed by atoms with Crippen LogP contribution in [0.1, 0.15) is 17.5 Å². The molecule has 0 aliphatic heterocycles. The molecule has 0 aliphatic rings. The van der Waals surface area contributed by atoms with Gasteiger partial charge in [-0.1, -0.05) is 37.3 Å². The molecule has 0 atom stereocenters. The normalized spacial score (nSPS) is 9.38. The molecule has 1 aromatic heterocycles. The predicted molar refractivity (Wildman–Crippen MR) is 67.0 cm³/mol. The molecule has 0 spiro atoms. The lowest BCUT2D eigenvalue weighted by Crippen LogP contribution is -2.20. The lowest BCUT2D eigenvalue weighted by Gasteiger charge is -1.94. The standard InChI is InChI=1S/C9H8N2S.C2H8N2/c1-2-4-8(5-3-1)6-9-11-10-7-12-9;1-2-4-3/h1-5,7H,6H2;4H,2-3H2,1H3. The van der Waals surface area contributed by atoms with E-state index in [2.05, 4.69) is 27.8 Å². The molecule has 86 valence electrons. The van der Waals surface area contributed by atoms with Crippen molar-refractivity contribution >= 4 is 11.3 Å². The summed E-state index contributed by atoms with van der Waals surface area (Å²) in [6.45, 7) is 2.79. The summed E-state index contributed by atoms with van der Waals surface area (Å²) in [7, 11) is 0. The van der Waals surface area contributed by atoms with Crippen LogP contribution in [0.25, 0.3) is 0 Å². The number of aromatic nitrogens is 2. The Morgan fingerprint density at radius 2 is 2.00 bits per heavy atom. The van der Waals surface area contributed by atoms with Crippen LogP contribution in [0.4, 0.5) is 0 Å². The molecule has 0 saturated heterocycles. The number of nitrogens with two attached hydrogens (primary N) is 1. The third kappa shape index (κ3) is 4.97. The van der Waals surface area contributed by atoms with Crippen LogP contribution in [0, 0.1) is 0 Å². The van der Waals surface area contributed by atoms with Crippen molar-refractivity contribution < 1.29 is 0 Å². The monoisotopic (exact) mass is 236 g/mol. The molecule has 0 aliphatic carbocycles. The van der Waals surface area contributed by atoms with Crippen LogP contribution in [0.3, 0.4) is 0 Å². The molecule has 5 heteroatoms. The van der Waals surface area contributed by atoms with Gasteiger partial charge < -0.3 is 0 Å². The van der Waals surface area contributed by atoms with Crippen LogP contribution in [0.2, 0.25) is 0 Å². The van der Waals surface area contributed by atoms with Crippen molar-refractivity contribution in [2.24, 2.45) is 5.84 Å². The van der Waals surface area contributed by atoms with Crippen LogP contribution in [0.15, 0.2) is 35.8 Å². The van der Waals surface area contributed by atoms with Crippen molar-refractivity contribution in [2.45, 2.75) is 13.3 Å². The molecule has 2 aromatic rings. The second-order valence-corrected chi connectivity index (χ2v) is 3.97. The van der Waals surface area contributed by atoms with Crippen molar-refractivity contribution in [1.82, 2.24) is 15.6 Å². The van der Waals surface area contributed by atoms with Gasteiger partial charge in [-0.25, -0.2) is 0 Å². The van der Waals surface area contributed by atoms with Gasteiger partial charge in [0.2, 0.25) is 0 Å². The van der Waals surface area contributed by atoms with E-state index in [1.807, 2.05) is 25.1 Å². The van der Waals surface area contributed by atoms with E-state index in [1.54, 1.807) is 16.8 Å². The first-order chi connectivity index (χ1) is 7.86. The number of nitrogens with one attached hydrogen (secondary N) is 1. The molecule has 0 unspecified atom stereocenters. The molecule has 0 radical (unpaired) electrons. The average Bonchev–Trinajstić information content (AvgIpc) is 2.84. The Balaban J connectivity index is 0.000000280. The third-order valence-corrected chi connectivity index (χ3v) is 2.51. The Morgan fingerprint density at radius 3 is 2.50 bits per heavy atom. The fourth-order valence-corrected chi connectivity index (χ4v) is 1.60. The van der Waals surface area contributed by atoms with Crippen molar-refractivity contribution in [1.29, 1.82) is 0 Å². The van der Waals surface area contributed by atoms with Crippen LogP contribution in [-0.2, 0) is 6.42 Å². The Kier molecular flexibility index (Phi) is 6.32. The largest absolute Gasteiger partial charge is 0.271 e. The molecule has 16 heavy (non-hydrogen) atoms. The van der Waals surface area contributed by atoms with E-state index in [0.29, 0.717) is 0 Å². The highest BCUT2D eigenvalue weighted by atomic mass is 32.1. The van der Waals surface area contributed by atoms with E-state index >= 15 is 0 Å². The molecule has 0 amide bonds. The van der Waals surface area contributed by atoms with Gasteiger partial charge in [0.15, 0.2) is 0 Å². The van der Waals surface area contributed by atoms with E-state index in [0.717, 1.165) is 18.0 Å². The number of hydrogen-bond acceptors (Lipinski definition) is 5. The first-order valence-electron chi connectivity index (χ1n) is 5.09. The molecule has 0 fully saturated rings. The van der Waals surface area contributed by atoms with Crippen LogP contribution >= 0.6 is 11.3 Å². The van der Waals surface area contributed by atoms with Crippen LogP contribution in [0.5, 0.6) is 0 Å². The Bertz CT molecular complexity index is 359. The molecule has 1 aromatic carbocycles. The van der Waals surface area contributed by atoms with Gasteiger partial charge >= 0.3 is 0 Å². The lowest BCUT2D eigenvalue weighted by atomic mass is 10.2. The van der Waals surface area contributed by atoms with Crippen molar-refractivity contribution in [2.75, 3.05) is 6.54 Å². The van der Waals surface area contributed by atoms with Crippen LogP contribution < -0.4 is 11.3 Å². The minimum absolute atomic E-state index is 0.847. The van der Waals surface area contributed by atoms with E-state index in [4.69, 9.17) is 5.84 Å². The number of benzene rings is 1. The second-order valence-electron chi connectivity index (χ2n) is 3.05. The smallest absolute Gasteiger partial charge is 0.121 e. The van der Waals surface area contributed by atoms with Gasteiger partial charge in [-0.05, 0) is 5.56 Å². The fraction of sp³-hybridized carbons (Fsp3) is 0.273. The quantitative estimate of drug-likeness (QED) is 0.627. The van der Waals surface area contributed by atoms with Gasteiger partial charge in [0, 0.05) is 13.0 Å². The average molecular weight is 236 g/mol. The summed E-state index contributed by atoms with van der Waals surface area (Å²) in [6, 6.07) is 10.3. The molecule has 4 nitrogen and oxygen atoms in total. The predicted octanol–water partition coefficient (Wildman–Crippen LogP) is 1.60. The first-order valence-corrected chi connectivity index (χ1v) is 5.97. The van der Waals surface area contributed by atoms with E-state index in [-0.39, 0.29) is 0 Å². The maximum Gasteiger partial charge on any atom is 0.121 e. The summed E-state index contributed by atoms with van der Waals surface area (Å²) < 4.78 is 0. The van der Waals surface area contributed by atoms with Gasteiger partial charge in [0.05, 0.1) is 0 Å². The Hall–Kier alpha value is -1.30. The van der Waals surface area contributed by atoms with Gasteiger partial charge in [-0.3, -0.25) is 11.3 Å². The Labute approximate surface area is 99.5 Å². The third-order valence-electron chi connectivity index (χ3n) is 1.81. The molecule has 3 N–H and O–H groups in total. The molecular weight excluding hydrogens is 220 g/mol. The second kappa shape index (κ2) is 7.92. The molecule has 1 heterocycles. The summed E-state index contributed by atoms with van der Waals surface area (Å²) in [4.78, 5) is 0. The Morgan fingerprint density at radius 1 is 1.31 bits per heavy atom. The molecule has 0 bridgehead atoms. The van der Waals surface area contributed by atoms with Crippen molar-refractivity contribution in [3.63, 3.8) is 0 Å². The summed E-state index contributed by atoms with van der Waals surface area (Å²) in [5.41, 5.74) is 5.48. The van der Waals surface area contributed by atoms with Gasteiger partial charge in [0.1, 0.15) is 10.5 Å². The number of nitrogens with zero attached hydrogens (tertiary/aromatic N) is 2. The lowest BCUT2D eigenvalue weighted by molar-refractivity contribution is 0.781. The van der Waals surface area contributed by atoms with Crippen LogP contribution in [-0.4, -0.2) is 16.7 Å². The molecule has 2 rings (SSSR count). The summed E-state index contributed by atoms with van der Waals surface area (Å²) in [5, 5.41) is 8.84. The minimum Gasteiger partial charge on any atom is -0.271 e. The van der Waals surface area contributed by atoms with Gasteiger partial charge in [0.25, 0.3) is 0 Å². The highest BCUT2D eigenvalue weighted by Gasteiger charge is 1.97. The van der Waals surface area contributed by atoms with E-state index in [1.165, 1.54) is 5.56 Å². The SMILES string of the molecule is CCNN.c1ccc(Cc2nncs2)cc1. The van der Waals surface area contributed by atoms with Crippen molar-refractivity contribution in [3.8, 4) is 0 Å². The van der Waals surface area contributed by atoms with Crippen molar-refractivity contribution in [3.05, 3.63) is 46.4 Å². The first kappa shape index (κ1) is 12.8. The van der Waals surface area contributed by atoms with Gasteiger partial charge in [-0.15, -0.1) is 21.5 Å². The minimum atomic E-state index is 0.847. The maximum absolute atomic E-state index is 4.78. The molecular formula is C11H16N4S. The molecule has 0 saturated carbocycles. The number of rotatable bonds is 3. The van der Waals surface area contributed by atoms with E-state index in [9.17, 15) is 0 Å². The zero-order chi connectivity index (χ0) is 11.6. The number of hydrazine groups is 1. The zero-order valence-corrected chi connectivity index (χ0v) is 10.1. The maximum atomic E-state index is 4.78. The number of hydrogen-bond donors (Lipinski definition) is 2. The topological polar surface area (TPSA) is 63.8 Å². The fourth-order valence-electron chi connectivity index (χ4n) is 1.04. The summed E-state index contributed by atoms with van der Waals surface area (Å²) in [5.74, 6) is 4.78. The zero-order valence-electron chi connectivity index (χ0n) is 9.26.